The maximum atomic E-state index is 13.7. The van der Waals surface area contributed by atoms with Crippen molar-refractivity contribution in [3.63, 3.8) is 0 Å². The van der Waals surface area contributed by atoms with E-state index in [1.54, 1.807) is 7.11 Å². The van der Waals surface area contributed by atoms with Gasteiger partial charge in [0.2, 0.25) is 0 Å². The number of methoxy groups -OCH3 is 1. The number of halogens is 2. The fourth-order valence-electron chi connectivity index (χ4n) is 3.00. The van der Waals surface area contributed by atoms with E-state index in [1.807, 2.05) is 25.1 Å². The van der Waals surface area contributed by atoms with Crippen LogP contribution in [0, 0.1) is 5.82 Å². The molecule has 9 heteroatoms. The van der Waals surface area contributed by atoms with E-state index in [4.69, 9.17) is 4.74 Å². The van der Waals surface area contributed by atoms with Crippen LogP contribution in [-0.4, -0.2) is 40.8 Å². The number of nitrogens with zero attached hydrogens (tertiary/aromatic N) is 1. The summed E-state index contributed by atoms with van der Waals surface area (Å²) in [6, 6.07) is 12.1. The van der Waals surface area contributed by atoms with Crippen molar-refractivity contribution < 1.29 is 17.5 Å². The first-order valence-corrected chi connectivity index (χ1v) is 12.0. The molecule has 0 aliphatic carbocycles. The van der Waals surface area contributed by atoms with Gasteiger partial charge < -0.3 is 15.4 Å². The molecule has 6 nitrogen and oxygen atoms in total. The minimum Gasteiger partial charge on any atom is -0.497 e. The summed E-state index contributed by atoms with van der Waals surface area (Å²) in [5.41, 5.74) is 2.33. The molecular weight excluding hydrogens is 532 g/mol. The third-order valence-corrected chi connectivity index (χ3v) is 5.24. The maximum absolute atomic E-state index is 13.7. The van der Waals surface area contributed by atoms with Gasteiger partial charge in [-0.2, -0.15) is 0 Å². The first-order chi connectivity index (χ1) is 14.3. The molecule has 0 unspecified atom stereocenters. The Kier molecular flexibility index (Phi) is 11.8. The number of ether oxygens (including phenoxy) is 1. The molecule has 2 N–H and O–H groups in total. The van der Waals surface area contributed by atoms with Crippen molar-refractivity contribution in [2.24, 2.45) is 4.99 Å². The second kappa shape index (κ2) is 13.5. The summed E-state index contributed by atoms with van der Waals surface area (Å²) in [4.78, 5) is 4.50. The van der Waals surface area contributed by atoms with Gasteiger partial charge >= 0.3 is 0 Å². The van der Waals surface area contributed by atoms with Crippen molar-refractivity contribution in [1.82, 2.24) is 10.6 Å². The molecule has 31 heavy (non-hydrogen) atoms. The van der Waals surface area contributed by atoms with Gasteiger partial charge in [0, 0.05) is 19.3 Å². The minimum atomic E-state index is -3.22. The molecule has 0 aliphatic rings. The molecule has 0 aromatic heterocycles. The summed E-state index contributed by atoms with van der Waals surface area (Å²) in [6.45, 7) is 3.54. The highest BCUT2D eigenvalue weighted by Crippen LogP contribution is 2.16. The number of aliphatic imine (C=N–C) groups is 1. The molecule has 2 rings (SSSR count). The lowest BCUT2D eigenvalue weighted by Gasteiger charge is -2.13. The Morgan fingerprint density at radius 2 is 1.90 bits per heavy atom. The van der Waals surface area contributed by atoms with E-state index in [1.165, 1.54) is 23.8 Å². The van der Waals surface area contributed by atoms with Crippen LogP contribution in [0.1, 0.15) is 30.0 Å². The first-order valence-electron chi connectivity index (χ1n) is 9.91. The largest absolute Gasteiger partial charge is 0.497 e. The predicted octanol–water partition coefficient (Wildman–Crippen LogP) is 3.68. The lowest BCUT2D eigenvalue weighted by molar-refractivity contribution is 0.414. The Bertz CT molecular complexity index is 968. The highest BCUT2D eigenvalue weighted by molar-refractivity contribution is 14.0. The van der Waals surface area contributed by atoms with Gasteiger partial charge in [-0.05, 0) is 60.7 Å². The summed E-state index contributed by atoms with van der Waals surface area (Å²) in [7, 11) is -1.57. The Labute approximate surface area is 201 Å². The molecule has 0 saturated heterocycles. The SMILES string of the molecule is CCNC(=NCc1cc(F)ccc1CS(C)(=O)=O)NCCCc1cccc(OC)c1.I. The molecule has 0 saturated carbocycles. The smallest absolute Gasteiger partial charge is 0.191 e. The second-order valence-corrected chi connectivity index (χ2v) is 9.20. The average molecular weight is 563 g/mol. The van der Waals surface area contributed by atoms with Gasteiger partial charge in [0.05, 0.1) is 19.4 Å². The molecule has 0 aliphatic heterocycles. The van der Waals surface area contributed by atoms with E-state index < -0.39 is 15.7 Å². The van der Waals surface area contributed by atoms with Gasteiger partial charge in [-0.15, -0.1) is 24.0 Å². The van der Waals surface area contributed by atoms with Crippen molar-refractivity contribution >= 4 is 39.8 Å². The van der Waals surface area contributed by atoms with E-state index in [0.717, 1.165) is 24.8 Å². The zero-order valence-corrected chi connectivity index (χ0v) is 21.3. The summed E-state index contributed by atoms with van der Waals surface area (Å²) in [5.74, 6) is 0.907. The summed E-state index contributed by atoms with van der Waals surface area (Å²) >= 11 is 0. The molecule has 2 aromatic carbocycles. The van der Waals surface area contributed by atoms with Gasteiger partial charge in [0.15, 0.2) is 15.8 Å². The summed E-state index contributed by atoms with van der Waals surface area (Å²) < 4.78 is 42.2. The zero-order valence-electron chi connectivity index (χ0n) is 18.2. The highest BCUT2D eigenvalue weighted by Gasteiger charge is 2.11. The average Bonchev–Trinajstić information content (AvgIpc) is 2.70. The molecule has 0 heterocycles. The van der Waals surface area contributed by atoms with Crippen LogP contribution in [0.5, 0.6) is 5.75 Å². The van der Waals surface area contributed by atoms with Gasteiger partial charge in [-0.25, -0.2) is 17.8 Å². The van der Waals surface area contributed by atoms with Crippen LogP contribution in [0.15, 0.2) is 47.5 Å². The van der Waals surface area contributed by atoms with E-state index in [0.29, 0.717) is 30.2 Å². The van der Waals surface area contributed by atoms with Crippen molar-refractivity contribution in [2.75, 3.05) is 26.5 Å². The molecule has 0 spiro atoms. The van der Waals surface area contributed by atoms with Gasteiger partial charge in [-0.1, -0.05) is 18.2 Å². The third kappa shape index (κ3) is 10.3. The van der Waals surface area contributed by atoms with Crippen LogP contribution >= 0.6 is 24.0 Å². The number of aryl methyl sites for hydroxylation is 1. The van der Waals surface area contributed by atoms with Crippen LogP contribution in [-0.2, 0) is 28.6 Å². The van der Waals surface area contributed by atoms with Crippen molar-refractivity contribution in [2.45, 2.75) is 32.1 Å². The molecule has 172 valence electrons. The lowest BCUT2D eigenvalue weighted by Crippen LogP contribution is -2.37. The summed E-state index contributed by atoms with van der Waals surface area (Å²) in [6.07, 6.45) is 2.96. The third-order valence-electron chi connectivity index (χ3n) is 4.41. The Balaban J connectivity index is 0.00000480. The topological polar surface area (TPSA) is 79.8 Å². The molecule has 2 aromatic rings. The zero-order chi connectivity index (χ0) is 22.0. The molecule has 0 bridgehead atoms. The minimum absolute atomic E-state index is 0. The Morgan fingerprint density at radius 3 is 2.58 bits per heavy atom. The number of benzene rings is 2. The molecular formula is C22H31FIN3O3S. The predicted molar refractivity (Wildman–Crippen MR) is 134 cm³/mol. The number of rotatable bonds is 10. The van der Waals surface area contributed by atoms with Crippen LogP contribution < -0.4 is 15.4 Å². The Morgan fingerprint density at radius 1 is 1.13 bits per heavy atom. The fraction of sp³-hybridized carbons (Fsp3) is 0.409. The first kappa shape index (κ1) is 27.2. The standard InChI is InChI=1S/C22H30FN3O3S.HI/c1-4-24-22(25-12-6-8-17-7-5-9-21(13-17)29-2)26-15-19-14-20(23)11-10-18(19)16-30(3,27)28;/h5,7,9-11,13-14H,4,6,8,12,15-16H2,1-3H3,(H2,24,25,26);1H. The van der Waals surface area contributed by atoms with Crippen molar-refractivity contribution in [3.8, 4) is 5.75 Å². The van der Waals surface area contributed by atoms with Gasteiger partial charge in [0.25, 0.3) is 0 Å². The molecule has 0 amide bonds. The highest BCUT2D eigenvalue weighted by atomic mass is 127. The maximum Gasteiger partial charge on any atom is 0.191 e. The molecule has 0 radical (unpaired) electrons. The van der Waals surface area contributed by atoms with Gasteiger partial charge in [0.1, 0.15) is 11.6 Å². The number of hydrogen-bond donors (Lipinski definition) is 2. The molecule has 0 atom stereocenters. The quantitative estimate of drug-likeness (QED) is 0.200. The van der Waals surface area contributed by atoms with Crippen LogP contribution in [0.3, 0.4) is 0 Å². The van der Waals surface area contributed by atoms with Gasteiger partial charge in [-0.3, -0.25) is 0 Å². The number of guanidine groups is 1. The summed E-state index contributed by atoms with van der Waals surface area (Å²) in [5, 5.41) is 6.43. The van der Waals surface area contributed by atoms with E-state index in [2.05, 4.69) is 21.7 Å². The van der Waals surface area contributed by atoms with E-state index in [9.17, 15) is 12.8 Å². The normalized spacial score (nSPS) is 11.5. The van der Waals surface area contributed by atoms with Crippen LogP contribution in [0.2, 0.25) is 0 Å². The van der Waals surface area contributed by atoms with Crippen LogP contribution in [0.4, 0.5) is 4.39 Å². The lowest BCUT2D eigenvalue weighted by atomic mass is 10.1. The van der Waals surface area contributed by atoms with Crippen molar-refractivity contribution in [3.05, 3.63) is 65.0 Å². The Hall–Kier alpha value is -1.88. The van der Waals surface area contributed by atoms with Crippen LogP contribution in [0.25, 0.3) is 0 Å². The monoisotopic (exact) mass is 563 g/mol. The fourth-order valence-corrected chi connectivity index (χ4v) is 3.84. The van der Waals surface area contributed by atoms with Crippen molar-refractivity contribution in [1.29, 1.82) is 0 Å². The number of nitrogens with one attached hydrogen (secondary N) is 2. The molecule has 0 fully saturated rings. The number of sulfone groups is 1. The number of hydrogen-bond acceptors (Lipinski definition) is 4. The van der Waals surface area contributed by atoms with E-state index >= 15 is 0 Å². The van der Waals surface area contributed by atoms with E-state index in [-0.39, 0.29) is 36.3 Å². The second-order valence-electron chi connectivity index (χ2n) is 7.06.